The maximum atomic E-state index is 12.7. The molecule has 0 unspecified atom stereocenters. The average molecular weight is 403 g/mol. The van der Waals surface area contributed by atoms with E-state index in [9.17, 15) is 4.79 Å². The summed E-state index contributed by atoms with van der Waals surface area (Å²) in [5.74, 6) is 1.38. The number of hydrogen-bond donors (Lipinski definition) is 0. The van der Waals surface area contributed by atoms with Crippen LogP contribution in [0.3, 0.4) is 0 Å². The van der Waals surface area contributed by atoms with Gasteiger partial charge in [0.15, 0.2) is 11.5 Å². The number of benzene rings is 2. The Bertz CT molecular complexity index is 1090. The number of fused-ring (bicyclic) bond motifs is 1. The lowest BCUT2D eigenvalue weighted by Gasteiger charge is -2.18. The van der Waals surface area contributed by atoms with Crippen molar-refractivity contribution in [1.82, 2.24) is 14.7 Å². The van der Waals surface area contributed by atoms with Gasteiger partial charge >= 0.3 is 0 Å². The number of nitrogens with zero attached hydrogens (tertiary/aromatic N) is 3. The van der Waals surface area contributed by atoms with Gasteiger partial charge in [-0.25, -0.2) is 4.68 Å². The number of ether oxygens (including phenoxy) is 2. The van der Waals surface area contributed by atoms with Crippen LogP contribution >= 0.6 is 0 Å². The Labute approximate surface area is 176 Å². The van der Waals surface area contributed by atoms with Crippen molar-refractivity contribution >= 4 is 12.0 Å². The highest BCUT2D eigenvalue weighted by Gasteiger charge is 2.16. The molecule has 1 amide bonds. The summed E-state index contributed by atoms with van der Waals surface area (Å²) >= 11 is 0. The number of hydrogen-bond acceptors (Lipinski definition) is 4. The minimum atomic E-state index is -0.0730. The summed E-state index contributed by atoms with van der Waals surface area (Å²) in [6, 6.07) is 15.7. The van der Waals surface area contributed by atoms with Crippen LogP contribution in [0.4, 0.5) is 0 Å². The second kappa shape index (κ2) is 8.45. The van der Waals surface area contributed by atoms with Crippen molar-refractivity contribution < 1.29 is 14.3 Å². The van der Waals surface area contributed by atoms with E-state index < -0.39 is 0 Å². The molecule has 2 heterocycles. The number of rotatable bonds is 5. The summed E-state index contributed by atoms with van der Waals surface area (Å²) in [6.45, 7) is 5.61. The summed E-state index contributed by atoms with van der Waals surface area (Å²) in [5, 5.41) is 4.66. The highest BCUT2D eigenvalue weighted by Crippen LogP contribution is 2.31. The molecule has 2 aromatic carbocycles. The van der Waals surface area contributed by atoms with Crippen LogP contribution in [0.5, 0.6) is 11.5 Å². The van der Waals surface area contributed by atoms with Crippen LogP contribution < -0.4 is 9.47 Å². The normalized spacial score (nSPS) is 12.9. The molecule has 1 aromatic heterocycles. The van der Waals surface area contributed by atoms with Gasteiger partial charge in [-0.2, -0.15) is 5.10 Å². The number of aryl methyl sites for hydroxylation is 1. The second-order valence-corrected chi connectivity index (χ2v) is 7.33. The van der Waals surface area contributed by atoms with Gasteiger partial charge in [0.2, 0.25) is 5.91 Å². The molecule has 1 aliphatic heterocycles. The summed E-state index contributed by atoms with van der Waals surface area (Å²) < 4.78 is 13.1. The van der Waals surface area contributed by atoms with E-state index in [1.165, 1.54) is 0 Å². The van der Waals surface area contributed by atoms with Crippen LogP contribution in [-0.2, 0) is 11.3 Å². The first-order chi connectivity index (χ1) is 14.5. The Kier molecular flexibility index (Phi) is 5.57. The van der Waals surface area contributed by atoms with Crippen molar-refractivity contribution in [3.05, 3.63) is 77.1 Å². The van der Waals surface area contributed by atoms with Gasteiger partial charge in [0.1, 0.15) is 13.2 Å². The van der Waals surface area contributed by atoms with Gasteiger partial charge in [0.25, 0.3) is 0 Å². The molecule has 3 aromatic rings. The van der Waals surface area contributed by atoms with Crippen LogP contribution in [0.25, 0.3) is 11.8 Å². The summed E-state index contributed by atoms with van der Waals surface area (Å²) in [6.07, 6.45) is 3.38. The second-order valence-electron chi connectivity index (χ2n) is 7.33. The molecule has 6 heteroatoms. The van der Waals surface area contributed by atoms with Gasteiger partial charge in [-0.15, -0.1) is 0 Å². The van der Waals surface area contributed by atoms with E-state index in [4.69, 9.17) is 9.47 Å². The number of likely N-dealkylation sites (N-methyl/N-ethyl adjacent to an activating group) is 1. The summed E-state index contributed by atoms with van der Waals surface area (Å²) in [5.41, 5.74) is 4.92. The fourth-order valence-corrected chi connectivity index (χ4v) is 3.50. The van der Waals surface area contributed by atoms with E-state index in [0.717, 1.165) is 34.0 Å². The standard InChI is InChI=1S/C24H25N3O3/c1-17-21(18(2)27(25-17)20-7-5-4-6-8-20)16-26(3)24(28)12-10-19-9-11-22-23(15-19)30-14-13-29-22/h4-12,15H,13-14,16H2,1-3H3/b12-10+. The predicted octanol–water partition coefficient (Wildman–Crippen LogP) is 3.93. The van der Waals surface area contributed by atoms with E-state index in [0.29, 0.717) is 25.5 Å². The van der Waals surface area contributed by atoms with Crippen molar-refractivity contribution in [2.75, 3.05) is 20.3 Å². The van der Waals surface area contributed by atoms with Crippen LogP contribution in [0.2, 0.25) is 0 Å². The molecule has 0 radical (unpaired) electrons. The Morgan fingerprint density at radius 2 is 1.83 bits per heavy atom. The highest BCUT2D eigenvalue weighted by atomic mass is 16.6. The maximum Gasteiger partial charge on any atom is 0.246 e. The van der Waals surface area contributed by atoms with E-state index in [1.54, 1.807) is 24.1 Å². The Morgan fingerprint density at radius 1 is 1.10 bits per heavy atom. The van der Waals surface area contributed by atoms with Gasteiger partial charge < -0.3 is 14.4 Å². The Balaban J connectivity index is 1.46. The zero-order chi connectivity index (χ0) is 21.1. The number of carbonyl (C=O) groups excluding carboxylic acids is 1. The molecule has 0 atom stereocenters. The van der Waals surface area contributed by atoms with E-state index >= 15 is 0 Å². The van der Waals surface area contributed by atoms with E-state index in [2.05, 4.69) is 5.10 Å². The lowest BCUT2D eigenvalue weighted by molar-refractivity contribution is -0.125. The van der Waals surface area contributed by atoms with Crippen molar-refractivity contribution in [2.45, 2.75) is 20.4 Å². The number of para-hydroxylation sites is 1. The Morgan fingerprint density at radius 3 is 2.60 bits per heavy atom. The van der Waals surface area contributed by atoms with Crippen molar-refractivity contribution in [3.63, 3.8) is 0 Å². The lowest BCUT2D eigenvalue weighted by Crippen LogP contribution is -2.24. The van der Waals surface area contributed by atoms with E-state index in [-0.39, 0.29) is 5.91 Å². The van der Waals surface area contributed by atoms with E-state index in [1.807, 2.05) is 67.1 Å². The Hall–Kier alpha value is -3.54. The zero-order valence-corrected chi connectivity index (χ0v) is 17.5. The van der Waals surface area contributed by atoms with Gasteiger partial charge in [-0.05, 0) is 49.8 Å². The van der Waals surface area contributed by atoms with Crippen molar-refractivity contribution in [1.29, 1.82) is 0 Å². The first-order valence-electron chi connectivity index (χ1n) is 9.96. The molecule has 0 aliphatic carbocycles. The van der Waals surface area contributed by atoms with Gasteiger partial charge in [-0.1, -0.05) is 24.3 Å². The number of amides is 1. The zero-order valence-electron chi connectivity index (χ0n) is 17.5. The molecule has 0 saturated carbocycles. The fourth-order valence-electron chi connectivity index (χ4n) is 3.50. The topological polar surface area (TPSA) is 56.6 Å². The minimum Gasteiger partial charge on any atom is -0.486 e. The van der Waals surface area contributed by atoms with Crippen LogP contribution in [0.15, 0.2) is 54.6 Å². The molecule has 0 spiro atoms. The molecular weight excluding hydrogens is 378 g/mol. The molecule has 0 N–H and O–H groups in total. The van der Waals surface area contributed by atoms with Crippen LogP contribution in [0.1, 0.15) is 22.5 Å². The maximum absolute atomic E-state index is 12.7. The number of aromatic nitrogens is 2. The molecule has 6 nitrogen and oxygen atoms in total. The van der Waals surface area contributed by atoms with Gasteiger partial charge in [0.05, 0.1) is 11.4 Å². The highest BCUT2D eigenvalue weighted by molar-refractivity contribution is 5.91. The van der Waals surface area contributed by atoms with Gasteiger partial charge in [0, 0.05) is 30.9 Å². The van der Waals surface area contributed by atoms with Crippen LogP contribution in [-0.4, -0.2) is 40.8 Å². The molecule has 0 fully saturated rings. The largest absolute Gasteiger partial charge is 0.486 e. The first-order valence-corrected chi connectivity index (χ1v) is 9.96. The van der Waals surface area contributed by atoms with Gasteiger partial charge in [-0.3, -0.25) is 4.79 Å². The molecule has 154 valence electrons. The van der Waals surface area contributed by atoms with Crippen molar-refractivity contribution in [3.8, 4) is 17.2 Å². The molecule has 0 saturated heterocycles. The molecule has 30 heavy (non-hydrogen) atoms. The average Bonchev–Trinajstić information content (AvgIpc) is 3.06. The van der Waals surface area contributed by atoms with Crippen LogP contribution in [0, 0.1) is 13.8 Å². The molecule has 4 rings (SSSR count). The third-order valence-corrected chi connectivity index (χ3v) is 5.20. The fraction of sp³-hybridized carbons (Fsp3) is 0.250. The predicted molar refractivity (Wildman–Crippen MR) is 116 cm³/mol. The molecule has 1 aliphatic rings. The monoisotopic (exact) mass is 403 g/mol. The number of carbonyl (C=O) groups is 1. The first kappa shape index (κ1) is 19.8. The molecule has 0 bridgehead atoms. The third-order valence-electron chi connectivity index (χ3n) is 5.20. The quantitative estimate of drug-likeness (QED) is 0.606. The summed E-state index contributed by atoms with van der Waals surface area (Å²) in [4.78, 5) is 14.4. The summed E-state index contributed by atoms with van der Waals surface area (Å²) in [7, 11) is 1.80. The SMILES string of the molecule is Cc1nn(-c2ccccc2)c(C)c1CN(C)C(=O)/C=C/c1ccc2c(c1)OCCO2. The third kappa shape index (κ3) is 4.08. The van der Waals surface area contributed by atoms with Crippen molar-refractivity contribution in [2.24, 2.45) is 0 Å². The minimum absolute atomic E-state index is 0.0730. The smallest absolute Gasteiger partial charge is 0.246 e. The molecular formula is C24H25N3O3. The lowest BCUT2D eigenvalue weighted by atomic mass is 10.1.